The first-order valence-electron chi connectivity index (χ1n) is 16.0. The zero-order chi connectivity index (χ0) is 35.3. The molecule has 1 aliphatic rings. The molecule has 0 saturated carbocycles. The Hall–Kier alpha value is -2.40. The van der Waals surface area contributed by atoms with Gasteiger partial charge in [0.15, 0.2) is 6.54 Å². The quantitative estimate of drug-likeness (QED) is 0.0723. The molecule has 0 atom stereocenters. The van der Waals surface area contributed by atoms with Crippen LogP contribution < -0.4 is 60.9 Å². The Morgan fingerprint density at radius 1 is 0.784 bits per heavy atom. The number of thioether (sulfide) groups is 1. The van der Waals surface area contributed by atoms with E-state index in [4.69, 9.17) is 0 Å². The van der Waals surface area contributed by atoms with Gasteiger partial charge < -0.3 is 14.0 Å². The predicted octanol–water partition coefficient (Wildman–Crippen LogP) is 4.81. The van der Waals surface area contributed by atoms with Crippen LogP contribution in [0.25, 0.3) is 38.5 Å². The average molecular weight is 783 g/mol. The van der Waals surface area contributed by atoms with Gasteiger partial charge in [-0.2, -0.15) is 4.57 Å². The maximum absolute atomic E-state index is 11.4. The Morgan fingerprint density at radius 2 is 1.39 bits per heavy atom. The van der Waals surface area contributed by atoms with Crippen molar-refractivity contribution in [1.29, 1.82) is 0 Å². The zero-order valence-electron chi connectivity index (χ0n) is 28.3. The standard InChI is InChI=1S/C38H36N2O6S4.K/c1-28(14-20-37-39(22-8-24-49(41,42)43)33-26-31(16-18-35(33)47-37)29-10-4-2-5-11-29)15-21-38-40(23-9-25-50(44,45)46)34-27-32(17-19-36(34)48-38)30-12-6-3-7-13-30;/h2-7,10-21,26-27H,8-9,22-25H2,1H3,(H-,41,42,43,44,45,46);/q;+1/p-1. The average Bonchev–Trinajstić information content (AvgIpc) is 3.62. The molecule has 0 amide bonds. The van der Waals surface area contributed by atoms with E-state index in [1.165, 1.54) is 0 Å². The normalized spacial score (nSPS) is 14.4. The second-order valence-electron chi connectivity index (χ2n) is 11.9. The fraction of sp³-hybridized carbons (Fsp3) is 0.184. The summed E-state index contributed by atoms with van der Waals surface area (Å²) in [5.41, 5.74) is 7.13. The van der Waals surface area contributed by atoms with Crippen molar-refractivity contribution in [1.82, 2.24) is 0 Å². The van der Waals surface area contributed by atoms with Crippen LogP contribution in [0.5, 0.6) is 0 Å². The minimum absolute atomic E-state index is 0. The molecule has 258 valence electrons. The fourth-order valence-electron chi connectivity index (χ4n) is 5.79. The number of hydrogen-bond donors (Lipinski definition) is 0. The number of fused-ring (bicyclic) bond motifs is 2. The molecule has 0 fully saturated rings. The molecule has 1 aliphatic heterocycles. The van der Waals surface area contributed by atoms with Gasteiger partial charge in [0.25, 0.3) is 5.01 Å². The van der Waals surface area contributed by atoms with Gasteiger partial charge in [-0.15, -0.1) is 0 Å². The first kappa shape index (κ1) is 39.8. The van der Waals surface area contributed by atoms with Crippen molar-refractivity contribution in [2.24, 2.45) is 0 Å². The van der Waals surface area contributed by atoms with E-state index in [9.17, 15) is 25.9 Å². The van der Waals surface area contributed by atoms with Crippen LogP contribution in [-0.4, -0.2) is 44.0 Å². The molecule has 0 N–H and O–H groups in total. The molecule has 2 heterocycles. The van der Waals surface area contributed by atoms with E-state index >= 15 is 0 Å². The van der Waals surface area contributed by atoms with Gasteiger partial charge in [0.05, 0.1) is 31.0 Å². The minimum atomic E-state index is -4.34. The Morgan fingerprint density at radius 3 is 2.04 bits per heavy atom. The number of benzene rings is 4. The Balaban J connectivity index is 0.00000504. The molecule has 6 rings (SSSR count). The molecule has 4 aromatic carbocycles. The maximum atomic E-state index is 11.4. The zero-order valence-corrected chi connectivity index (χ0v) is 34.7. The van der Waals surface area contributed by atoms with Gasteiger partial charge in [-0.25, -0.2) is 16.8 Å². The second kappa shape index (κ2) is 17.6. The summed E-state index contributed by atoms with van der Waals surface area (Å²) in [5, 5.41) is 1.84. The molecule has 0 spiro atoms. The van der Waals surface area contributed by atoms with Gasteiger partial charge in [-0.3, -0.25) is 0 Å². The summed E-state index contributed by atoms with van der Waals surface area (Å²) >= 11 is 3.19. The number of hydrogen-bond acceptors (Lipinski definition) is 9. The van der Waals surface area contributed by atoms with Crippen LogP contribution >= 0.6 is 23.1 Å². The fourth-order valence-corrected chi connectivity index (χ4v) is 8.90. The number of thiazole rings is 1. The van der Waals surface area contributed by atoms with Crippen molar-refractivity contribution >= 4 is 65.3 Å². The molecule has 0 aliphatic carbocycles. The molecule has 13 heteroatoms. The smallest absolute Gasteiger partial charge is 0.748 e. The molecule has 1 aromatic heterocycles. The second-order valence-corrected chi connectivity index (χ2v) is 17.1. The van der Waals surface area contributed by atoms with Crippen molar-refractivity contribution in [3.05, 3.63) is 131 Å². The van der Waals surface area contributed by atoms with Crippen LogP contribution in [0.4, 0.5) is 5.69 Å². The molecule has 8 nitrogen and oxygen atoms in total. The molecular weight excluding hydrogens is 748 g/mol. The van der Waals surface area contributed by atoms with Gasteiger partial charge >= 0.3 is 51.4 Å². The summed E-state index contributed by atoms with van der Waals surface area (Å²) in [7, 11) is -8.67. The van der Waals surface area contributed by atoms with E-state index in [0.29, 0.717) is 13.1 Å². The van der Waals surface area contributed by atoms with Crippen LogP contribution in [-0.2, 0) is 26.8 Å². The number of nitrogens with zero attached hydrogens (tertiary/aromatic N) is 2. The van der Waals surface area contributed by atoms with Crippen molar-refractivity contribution in [3.8, 4) is 22.3 Å². The third-order valence-electron chi connectivity index (χ3n) is 8.20. The summed E-state index contributed by atoms with van der Waals surface area (Å²) in [6.07, 6.45) is 8.40. The van der Waals surface area contributed by atoms with Gasteiger partial charge in [-0.05, 0) is 59.9 Å². The first-order chi connectivity index (χ1) is 23.9. The Bertz CT molecular complexity index is 2320. The molecule has 51 heavy (non-hydrogen) atoms. The van der Waals surface area contributed by atoms with E-state index in [-0.39, 0.29) is 64.2 Å². The third-order valence-corrected chi connectivity index (χ3v) is 12.0. The van der Waals surface area contributed by atoms with Crippen molar-refractivity contribution in [3.63, 3.8) is 0 Å². The van der Waals surface area contributed by atoms with E-state index in [1.54, 1.807) is 23.1 Å². The number of aromatic nitrogens is 1. The molecule has 5 aromatic rings. The summed E-state index contributed by atoms with van der Waals surface area (Å²) < 4.78 is 71.4. The Labute approximate surface area is 350 Å². The van der Waals surface area contributed by atoms with Crippen LogP contribution in [0, 0.1) is 0 Å². The molecular formula is C38H35KN2O6S4. The van der Waals surface area contributed by atoms with E-state index < -0.39 is 31.7 Å². The van der Waals surface area contributed by atoms with Crippen molar-refractivity contribution in [2.75, 3.05) is 23.0 Å². The monoisotopic (exact) mass is 782 g/mol. The van der Waals surface area contributed by atoms with Gasteiger partial charge in [0.2, 0.25) is 5.52 Å². The predicted molar refractivity (Wildman–Crippen MR) is 202 cm³/mol. The van der Waals surface area contributed by atoms with E-state index in [2.05, 4.69) is 45.9 Å². The van der Waals surface area contributed by atoms with E-state index in [0.717, 1.165) is 58.7 Å². The van der Waals surface area contributed by atoms with Crippen LogP contribution in [0.2, 0.25) is 0 Å². The third kappa shape index (κ3) is 10.8. The van der Waals surface area contributed by atoms with Gasteiger partial charge in [-0.1, -0.05) is 114 Å². The maximum Gasteiger partial charge on any atom is 1.00 e. The van der Waals surface area contributed by atoms with Crippen LogP contribution in [0.15, 0.2) is 131 Å². The van der Waals surface area contributed by atoms with Crippen LogP contribution in [0.3, 0.4) is 0 Å². The van der Waals surface area contributed by atoms with Crippen molar-refractivity contribution < 1.29 is 81.9 Å². The summed E-state index contributed by atoms with van der Waals surface area (Å²) in [6.45, 7) is 2.73. The minimum Gasteiger partial charge on any atom is -0.748 e. The molecule has 0 radical (unpaired) electrons. The first-order valence-corrected chi connectivity index (χ1v) is 20.8. The summed E-state index contributed by atoms with van der Waals surface area (Å²) in [4.78, 5) is 3.11. The largest absolute Gasteiger partial charge is 1.00 e. The molecule has 0 unspecified atom stereocenters. The van der Waals surface area contributed by atoms with E-state index in [1.807, 2.05) is 91.9 Å². The van der Waals surface area contributed by atoms with Gasteiger partial charge in [0.1, 0.15) is 4.70 Å². The van der Waals surface area contributed by atoms with Gasteiger partial charge in [0, 0.05) is 41.5 Å². The number of aryl methyl sites for hydroxylation is 1. The topological polar surface area (TPSA) is 122 Å². The number of anilines is 1. The summed E-state index contributed by atoms with van der Waals surface area (Å²) in [5.74, 6) is -0.870. The number of allylic oxidation sites excluding steroid dienone is 4. The molecule has 0 saturated heterocycles. The molecule has 0 bridgehead atoms. The van der Waals surface area contributed by atoms with Crippen molar-refractivity contribution in [2.45, 2.75) is 31.2 Å². The number of rotatable bonds is 13. The Kier molecular flexibility index (Phi) is 13.7. The SMILES string of the molecule is CC(/C=C/c1sc2ccc(-c3ccccc3)cc2[n+]1CCCS(=O)(=O)[O-])=C\C=C1/Sc2ccc(-c3ccccc3)cc2N1CCCS(=O)(=O)[O-].[K+]. The van der Waals surface area contributed by atoms with Crippen LogP contribution in [0.1, 0.15) is 24.8 Å². The summed E-state index contributed by atoms with van der Waals surface area (Å²) in [6, 6.07) is 32.5.